The zero-order valence-corrected chi connectivity index (χ0v) is 24.7. The zero-order valence-electron chi connectivity index (χ0n) is 23.8. The van der Waals surface area contributed by atoms with Crippen LogP contribution in [0.2, 0.25) is 0 Å². The smallest absolute Gasteiger partial charge is 0.338 e. The molecule has 4 aromatic rings. The molecule has 0 radical (unpaired) electrons. The van der Waals surface area contributed by atoms with Gasteiger partial charge in [-0.2, -0.15) is 0 Å². The second-order valence-electron chi connectivity index (χ2n) is 11.5. The fourth-order valence-corrected chi connectivity index (χ4v) is 5.63. The number of benzene rings is 4. The van der Waals surface area contributed by atoms with Crippen LogP contribution in [0.5, 0.6) is 11.5 Å². The Bertz CT molecular complexity index is 1430. The number of ether oxygens (including phenoxy) is 1. The SMILES string of the molecule is COC(=O)c1ccccc1-c1ccccc1OP(Oc1ccc(C(C)(C)C)cc1C(C)(C)C)c1ccccc1. The van der Waals surface area contributed by atoms with Crippen molar-refractivity contribution in [1.29, 1.82) is 0 Å². The van der Waals surface area contributed by atoms with E-state index in [4.69, 9.17) is 13.8 Å². The Morgan fingerprint density at radius 2 is 1.23 bits per heavy atom. The Morgan fingerprint density at radius 1 is 0.641 bits per heavy atom. The number of hydrogen-bond donors (Lipinski definition) is 0. The number of carbonyl (C=O) groups excluding carboxylic acids is 1. The topological polar surface area (TPSA) is 44.8 Å². The summed E-state index contributed by atoms with van der Waals surface area (Å²) in [6.45, 7) is 13.3. The Hall–Kier alpha value is -3.62. The minimum absolute atomic E-state index is 0.0190. The molecule has 4 nitrogen and oxygen atoms in total. The Morgan fingerprint density at radius 3 is 1.87 bits per heavy atom. The van der Waals surface area contributed by atoms with Crippen molar-refractivity contribution in [1.82, 2.24) is 0 Å². The van der Waals surface area contributed by atoms with Crippen molar-refractivity contribution in [3.8, 4) is 22.6 Å². The van der Waals surface area contributed by atoms with Gasteiger partial charge in [0.05, 0.1) is 18.0 Å². The first-order valence-corrected chi connectivity index (χ1v) is 14.3. The molecule has 0 aliphatic carbocycles. The van der Waals surface area contributed by atoms with Gasteiger partial charge in [0.2, 0.25) is 0 Å². The summed E-state index contributed by atoms with van der Waals surface area (Å²) >= 11 is 0. The van der Waals surface area contributed by atoms with Crippen LogP contribution in [0.4, 0.5) is 0 Å². The van der Waals surface area contributed by atoms with Crippen LogP contribution in [-0.4, -0.2) is 13.1 Å². The molecule has 0 saturated carbocycles. The molecule has 0 aliphatic rings. The number of esters is 1. The number of rotatable bonds is 7. The van der Waals surface area contributed by atoms with Gasteiger partial charge in [0, 0.05) is 11.1 Å². The number of para-hydroxylation sites is 1. The van der Waals surface area contributed by atoms with Crippen LogP contribution in [0, 0.1) is 0 Å². The normalized spacial score (nSPS) is 12.5. The molecule has 1 unspecified atom stereocenters. The highest BCUT2D eigenvalue weighted by Gasteiger charge is 2.27. The van der Waals surface area contributed by atoms with E-state index in [1.165, 1.54) is 12.7 Å². The Balaban J connectivity index is 1.80. The molecule has 0 N–H and O–H groups in total. The summed E-state index contributed by atoms with van der Waals surface area (Å²) in [5.41, 5.74) is 4.30. The molecule has 39 heavy (non-hydrogen) atoms. The third kappa shape index (κ3) is 6.69. The van der Waals surface area contributed by atoms with Crippen molar-refractivity contribution in [2.45, 2.75) is 52.4 Å². The minimum atomic E-state index is -1.56. The monoisotopic (exact) mass is 540 g/mol. The largest absolute Gasteiger partial charge is 0.465 e. The quantitative estimate of drug-likeness (QED) is 0.174. The highest BCUT2D eigenvalue weighted by Crippen LogP contribution is 2.46. The number of methoxy groups -OCH3 is 1. The van der Waals surface area contributed by atoms with Crippen molar-refractivity contribution >= 4 is 19.6 Å². The summed E-state index contributed by atoms with van der Waals surface area (Å²) in [5.74, 6) is 1.04. The molecule has 1 atom stereocenters. The van der Waals surface area contributed by atoms with Crippen molar-refractivity contribution in [3.63, 3.8) is 0 Å². The van der Waals surface area contributed by atoms with Gasteiger partial charge < -0.3 is 13.8 Å². The van der Waals surface area contributed by atoms with Crippen LogP contribution < -0.4 is 14.4 Å². The van der Waals surface area contributed by atoms with Crippen LogP contribution in [0.25, 0.3) is 11.1 Å². The summed E-state index contributed by atoms with van der Waals surface area (Å²) in [7, 11) is -0.170. The molecule has 0 aromatic heterocycles. The van der Waals surface area contributed by atoms with Gasteiger partial charge in [-0.25, -0.2) is 4.79 Å². The van der Waals surface area contributed by atoms with Crippen LogP contribution in [-0.2, 0) is 15.6 Å². The standard InChI is InChI=1S/C34H37O4P/c1-33(2,3)24-21-22-31(29(23-24)34(4,5)6)38-39(25-15-9-8-10-16-25)37-30-20-14-13-18-27(30)26-17-11-12-19-28(26)32(35)36-7/h8-23H,1-7H3. The molecule has 202 valence electrons. The van der Waals surface area contributed by atoms with Crippen LogP contribution in [0.3, 0.4) is 0 Å². The molecular weight excluding hydrogens is 503 g/mol. The van der Waals surface area contributed by atoms with Gasteiger partial charge in [-0.05, 0) is 52.3 Å². The van der Waals surface area contributed by atoms with E-state index < -0.39 is 14.3 Å². The average Bonchev–Trinajstić information content (AvgIpc) is 2.92. The lowest BCUT2D eigenvalue weighted by molar-refractivity contribution is 0.0601. The van der Waals surface area contributed by atoms with Crippen LogP contribution >= 0.6 is 8.38 Å². The first-order valence-electron chi connectivity index (χ1n) is 13.1. The zero-order chi connectivity index (χ0) is 28.2. The van der Waals surface area contributed by atoms with E-state index in [0.717, 1.165) is 27.7 Å². The summed E-state index contributed by atoms with van der Waals surface area (Å²) in [6, 6.07) is 31.6. The second-order valence-corrected chi connectivity index (χ2v) is 12.9. The van der Waals surface area contributed by atoms with Crippen LogP contribution in [0.1, 0.15) is 63.0 Å². The molecular formula is C34H37O4P. The fraction of sp³-hybridized carbons (Fsp3) is 0.265. The maximum absolute atomic E-state index is 12.5. The lowest BCUT2D eigenvalue weighted by atomic mass is 9.80. The van der Waals surface area contributed by atoms with E-state index in [0.29, 0.717) is 11.3 Å². The third-order valence-corrected chi connectivity index (χ3v) is 7.94. The fourth-order valence-electron chi connectivity index (χ4n) is 4.29. The van der Waals surface area contributed by atoms with Crippen molar-refractivity contribution in [2.24, 2.45) is 0 Å². The van der Waals surface area contributed by atoms with Gasteiger partial charge in [0.15, 0.2) is 0 Å². The van der Waals surface area contributed by atoms with Gasteiger partial charge in [0.25, 0.3) is 0 Å². The predicted molar refractivity (Wildman–Crippen MR) is 161 cm³/mol. The second kappa shape index (κ2) is 11.6. The maximum Gasteiger partial charge on any atom is 0.338 e. The van der Waals surface area contributed by atoms with Crippen molar-refractivity contribution in [3.05, 3.63) is 114 Å². The lowest BCUT2D eigenvalue weighted by Gasteiger charge is -2.29. The summed E-state index contributed by atoms with van der Waals surface area (Å²) < 4.78 is 18.5. The molecule has 0 saturated heterocycles. The Kier molecular flexibility index (Phi) is 8.47. The molecule has 0 heterocycles. The minimum Gasteiger partial charge on any atom is -0.465 e. The number of carbonyl (C=O) groups is 1. The molecule has 4 rings (SSSR count). The third-order valence-electron chi connectivity index (χ3n) is 6.49. The molecule has 0 aliphatic heterocycles. The number of hydrogen-bond acceptors (Lipinski definition) is 4. The van der Waals surface area contributed by atoms with E-state index in [1.54, 1.807) is 6.07 Å². The molecule has 0 spiro atoms. The Labute approximate surface area is 233 Å². The first kappa shape index (κ1) is 28.4. The van der Waals surface area contributed by atoms with E-state index in [1.807, 2.05) is 72.8 Å². The molecule has 0 fully saturated rings. The highest BCUT2D eigenvalue weighted by atomic mass is 31.2. The summed E-state index contributed by atoms with van der Waals surface area (Å²) in [5, 5.41) is 0.948. The van der Waals surface area contributed by atoms with E-state index in [9.17, 15) is 4.79 Å². The highest BCUT2D eigenvalue weighted by molar-refractivity contribution is 7.56. The van der Waals surface area contributed by atoms with Gasteiger partial charge in [0.1, 0.15) is 11.5 Å². The molecule has 4 aromatic carbocycles. The van der Waals surface area contributed by atoms with E-state index in [2.05, 4.69) is 59.7 Å². The van der Waals surface area contributed by atoms with Crippen LogP contribution in [0.15, 0.2) is 97.1 Å². The predicted octanol–water partition coefficient (Wildman–Crippen LogP) is 8.83. The molecule has 0 amide bonds. The maximum atomic E-state index is 12.5. The first-order chi connectivity index (χ1) is 18.5. The summed E-state index contributed by atoms with van der Waals surface area (Å²) in [4.78, 5) is 12.5. The summed E-state index contributed by atoms with van der Waals surface area (Å²) in [6.07, 6.45) is 0. The van der Waals surface area contributed by atoms with Crippen molar-refractivity contribution < 1.29 is 18.6 Å². The lowest BCUT2D eigenvalue weighted by Crippen LogP contribution is -2.18. The van der Waals surface area contributed by atoms with Gasteiger partial charge in [-0.15, -0.1) is 0 Å². The molecule has 0 bridgehead atoms. The van der Waals surface area contributed by atoms with Gasteiger partial charge >= 0.3 is 14.3 Å². The van der Waals surface area contributed by atoms with Gasteiger partial charge in [-0.3, -0.25) is 0 Å². The van der Waals surface area contributed by atoms with E-state index >= 15 is 0 Å². The molecule has 5 heteroatoms. The van der Waals surface area contributed by atoms with Crippen molar-refractivity contribution in [2.75, 3.05) is 7.11 Å². The van der Waals surface area contributed by atoms with Gasteiger partial charge in [-0.1, -0.05) is 108 Å². The average molecular weight is 541 g/mol. The van der Waals surface area contributed by atoms with E-state index in [-0.39, 0.29) is 10.8 Å².